The van der Waals surface area contributed by atoms with Crippen LogP contribution >= 0.6 is 0 Å². The summed E-state index contributed by atoms with van der Waals surface area (Å²) in [6.45, 7) is 4.23. The zero-order valence-corrected chi connectivity index (χ0v) is 11.7. The second-order valence-electron chi connectivity index (χ2n) is 6.01. The first-order valence-corrected chi connectivity index (χ1v) is 7.53. The van der Waals surface area contributed by atoms with E-state index in [4.69, 9.17) is 0 Å². The number of alkyl halides is 3. The van der Waals surface area contributed by atoms with Gasteiger partial charge in [-0.15, -0.1) is 0 Å². The van der Waals surface area contributed by atoms with Crippen LogP contribution in [0, 0.1) is 0 Å². The monoisotopic (exact) mass is 278 g/mol. The summed E-state index contributed by atoms with van der Waals surface area (Å²) in [5, 5.41) is 3.54. The van der Waals surface area contributed by atoms with Crippen LogP contribution in [-0.4, -0.2) is 42.3 Å². The van der Waals surface area contributed by atoms with Gasteiger partial charge in [0.15, 0.2) is 0 Å². The van der Waals surface area contributed by atoms with E-state index in [0.717, 1.165) is 13.1 Å². The smallest absolute Gasteiger partial charge is 0.312 e. The van der Waals surface area contributed by atoms with Gasteiger partial charge in [0, 0.05) is 24.5 Å². The van der Waals surface area contributed by atoms with Crippen LogP contribution in [0.15, 0.2) is 0 Å². The minimum atomic E-state index is -4.00. The van der Waals surface area contributed by atoms with Crippen molar-refractivity contribution >= 4 is 0 Å². The Hall–Kier alpha value is -0.290. The van der Waals surface area contributed by atoms with E-state index in [0.29, 0.717) is 18.5 Å². The summed E-state index contributed by atoms with van der Waals surface area (Å²) in [5.41, 5.74) is 0. The molecule has 112 valence electrons. The zero-order valence-electron chi connectivity index (χ0n) is 11.7. The summed E-state index contributed by atoms with van der Waals surface area (Å²) in [6, 6.07) is 1.38. The van der Waals surface area contributed by atoms with Crippen LogP contribution in [0.25, 0.3) is 0 Å². The van der Waals surface area contributed by atoms with Gasteiger partial charge in [0.2, 0.25) is 0 Å². The quantitative estimate of drug-likeness (QED) is 0.830. The van der Waals surface area contributed by atoms with Crippen molar-refractivity contribution in [2.45, 2.75) is 76.2 Å². The molecule has 0 aromatic rings. The Morgan fingerprint density at radius 3 is 2.68 bits per heavy atom. The lowest BCUT2D eigenvalue weighted by Crippen LogP contribution is -2.47. The molecule has 5 heteroatoms. The molecule has 2 aliphatic rings. The first kappa shape index (κ1) is 15.1. The summed E-state index contributed by atoms with van der Waals surface area (Å²) in [6.07, 6.45) is 1.10. The number of nitrogens with zero attached hydrogens (tertiary/aromatic N) is 1. The topological polar surface area (TPSA) is 15.3 Å². The molecule has 2 heterocycles. The van der Waals surface area contributed by atoms with Crippen molar-refractivity contribution < 1.29 is 13.2 Å². The number of halogens is 3. The molecule has 3 atom stereocenters. The van der Waals surface area contributed by atoms with Gasteiger partial charge >= 0.3 is 6.18 Å². The molecule has 19 heavy (non-hydrogen) atoms. The van der Waals surface area contributed by atoms with E-state index in [2.05, 4.69) is 17.1 Å². The highest BCUT2D eigenvalue weighted by Crippen LogP contribution is 2.29. The standard InChI is InChI=1S/C14H25F3N2/c1-11(5-2-8-14(15,16)17)19-10-4-7-13(19)12-6-3-9-18-12/h11-13,18H,2-10H2,1H3. The van der Waals surface area contributed by atoms with Crippen LogP contribution in [0.1, 0.15) is 51.9 Å². The van der Waals surface area contributed by atoms with Crippen molar-refractivity contribution in [2.24, 2.45) is 0 Å². The van der Waals surface area contributed by atoms with Crippen LogP contribution in [0.5, 0.6) is 0 Å². The summed E-state index contributed by atoms with van der Waals surface area (Å²) >= 11 is 0. The van der Waals surface area contributed by atoms with Crippen LogP contribution in [0.3, 0.4) is 0 Å². The number of rotatable bonds is 5. The first-order chi connectivity index (χ1) is 8.97. The molecule has 0 bridgehead atoms. The highest BCUT2D eigenvalue weighted by Gasteiger charge is 2.35. The molecule has 0 aromatic carbocycles. The van der Waals surface area contributed by atoms with Gasteiger partial charge in [-0.05, 0) is 58.5 Å². The van der Waals surface area contributed by atoms with E-state index in [1.54, 1.807) is 0 Å². The van der Waals surface area contributed by atoms with Gasteiger partial charge in [0.05, 0.1) is 0 Å². The maximum absolute atomic E-state index is 12.2. The Balaban J connectivity index is 1.78. The molecule has 0 spiro atoms. The van der Waals surface area contributed by atoms with Gasteiger partial charge in [-0.25, -0.2) is 0 Å². The largest absolute Gasteiger partial charge is 0.389 e. The van der Waals surface area contributed by atoms with Crippen molar-refractivity contribution in [2.75, 3.05) is 13.1 Å². The predicted molar refractivity (Wildman–Crippen MR) is 70.1 cm³/mol. The van der Waals surface area contributed by atoms with Crippen molar-refractivity contribution in [1.29, 1.82) is 0 Å². The SMILES string of the molecule is CC(CCCC(F)(F)F)N1CCCC1C1CCCN1. The van der Waals surface area contributed by atoms with Gasteiger partial charge in [-0.2, -0.15) is 13.2 Å². The average Bonchev–Trinajstić information content (AvgIpc) is 2.97. The van der Waals surface area contributed by atoms with Crippen molar-refractivity contribution in [3.05, 3.63) is 0 Å². The van der Waals surface area contributed by atoms with Crippen molar-refractivity contribution in [3.8, 4) is 0 Å². The maximum Gasteiger partial charge on any atom is 0.389 e. The molecular weight excluding hydrogens is 253 g/mol. The van der Waals surface area contributed by atoms with E-state index in [1.165, 1.54) is 25.7 Å². The third-order valence-corrected chi connectivity index (χ3v) is 4.55. The third-order valence-electron chi connectivity index (χ3n) is 4.55. The van der Waals surface area contributed by atoms with E-state index in [-0.39, 0.29) is 12.5 Å². The molecule has 0 aromatic heterocycles. The fourth-order valence-electron chi connectivity index (χ4n) is 3.60. The average molecular weight is 278 g/mol. The van der Waals surface area contributed by atoms with Crippen LogP contribution in [0.4, 0.5) is 13.2 Å². The number of likely N-dealkylation sites (tertiary alicyclic amines) is 1. The molecule has 0 saturated carbocycles. The maximum atomic E-state index is 12.2. The van der Waals surface area contributed by atoms with Gasteiger partial charge in [0.1, 0.15) is 0 Å². The normalized spacial score (nSPS) is 30.9. The van der Waals surface area contributed by atoms with Gasteiger partial charge in [-0.1, -0.05) is 0 Å². The summed E-state index contributed by atoms with van der Waals surface area (Å²) in [7, 11) is 0. The molecule has 2 aliphatic heterocycles. The van der Waals surface area contributed by atoms with Gasteiger partial charge in [0.25, 0.3) is 0 Å². The lowest BCUT2D eigenvalue weighted by Gasteiger charge is -2.34. The summed E-state index contributed by atoms with van der Waals surface area (Å²) in [4.78, 5) is 2.44. The highest BCUT2D eigenvalue weighted by atomic mass is 19.4. The predicted octanol–water partition coefficient (Wildman–Crippen LogP) is 3.32. The molecule has 0 amide bonds. The fraction of sp³-hybridized carbons (Fsp3) is 1.00. The number of hydrogen-bond donors (Lipinski definition) is 1. The highest BCUT2D eigenvalue weighted by molar-refractivity contribution is 4.93. The second kappa shape index (κ2) is 6.44. The minimum absolute atomic E-state index is 0.256. The molecule has 2 nitrogen and oxygen atoms in total. The summed E-state index contributed by atoms with van der Waals surface area (Å²) in [5.74, 6) is 0. The Labute approximate surface area is 113 Å². The van der Waals surface area contributed by atoms with Crippen LogP contribution in [0.2, 0.25) is 0 Å². The molecular formula is C14H25F3N2. The Morgan fingerprint density at radius 1 is 1.26 bits per heavy atom. The molecule has 2 fully saturated rings. The van der Waals surface area contributed by atoms with Crippen molar-refractivity contribution in [3.63, 3.8) is 0 Å². The van der Waals surface area contributed by atoms with E-state index in [9.17, 15) is 13.2 Å². The third kappa shape index (κ3) is 4.35. The Bertz CT molecular complexity index is 274. The molecule has 2 rings (SSSR count). The van der Waals surface area contributed by atoms with Crippen molar-refractivity contribution in [1.82, 2.24) is 10.2 Å². The van der Waals surface area contributed by atoms with Crippen LogP contribution < -0.4 is 5.32 Å². The van der Waals surface area contributed by atoms with E-state index < -0.39 is 12.6 Å². The lowest BCUT2D eigenvalue weighted by molar-refractivity contribution is -0.136. The summed E-state index contributed by atoms with van der Waals surface area (Å²) < 4.78 is 36.5. The second-order valence-corrected chi connectivity index (χ2v) is 6.01. The van der Waals surface area contributed by atoms with Gasteiger partial charge < -0.3 is 5.32 Å². The molecule has 3 unspecified atom stereocenters. The number of nitrogens with one attached hydrogen (secondary N) is 1. The molecule has 1 N–H and O–H groups in total. The lowest BCUT2D eigenvalue weighted by atomic mass is 10.0. The van der Waals surface area contributed by atoms with E-state index in [1.807, 2.05) is 0 Å². The molecule has 0 radical (unpaired) electrons. The first-order valence-electron chi connectivity index (χ1n) is 7.53. The Kier molecular flexibility index (Phi) is 5.12. The molecule has 2 saturated heterocycles. The van der Waals surface area contributed by atoms with E-state index >= 15 is 0 Å². The Morgan fingerprint density at radius 2 is 2.05 bits per heavy atom. The molecule has 0 aliphatic carbocycles. The minimum Gasteiger partial charge on any atom is -0.312 e. The van der Waals surface area contributed by atoms with Gasteiger partial charge in [-0.3, -0.25) is 4.90 Å². The fourth-order valence-corrected chi connectivity index (χ4v) is 3.60. The van der Waals surface area contributed by atoms with Crippen LogP contribution in [-0.2, 0) is 0 Å². The zero-order chi connectivity index (χ0) is 13.9. The number of hydrogen-bond acceptors (Lipinski definition) is 2.